The number of hydrogen-bond donors (Lipinski definition) is 0. The van der Waals surface area contributed by atoms with Crippen LogP contribution in [0, 0.1) is 5.92 Å². The van der Waals surface area contributed by atoms with Crippen molar-refractivity contribution in [2.45, 2.75) is 53.1 Å². The maximum absolute atomic E-state index is 13.0. The van der Waals surface area contributed by atoms with Gasteiger partial charge in [-0.3, -0.25) is 14.4 Å². The number of hydrogen-bond acceptors (Lipinski definition) is 6. The number of ether oxygens (including phenoxy) is 3. The van der Waals surface area contributed by atoms with Gasteiger partial charge in [0.15, 0.2) is 17.3 Å². The minimum atomic E-state index is -0.407. The highest BCUT2D eigenvalue weighted by molar-refractivity contribution is 5.97. The molecule has 0 atom stereocenters. The van der Waals surface area contributed by atoms with Crippen molar-refractivity contribution in [1.29, 1.82) is 0 Å². The van der Waals surface area contributed by atoms with Crippen molar-refractivity contribution in [3.05, 3.63) is 70.8 Å². The molecule has 0 spiro atoms. The minimum absolute atomic E-state index is 0.0261. The van der Waals surface area contributed by atoms with Crippen LogP contribution in [0.5, 0.6) is 11.5 Å². The van der Waals surface area contributed by atoms with Gasteiger partial charge in [-0.15, -0.1) is 0 Å². The third-order valence-electron chi connectivity index (χ3n) is 5.77. The van der Waals surface area contributed by atoms with Gasteiger partial charge in [0.2, 0.25) is 0 Å². The first-order chi connectivity index (χ1) is 17.4. The third-order valence-corrected chi connectivity index (χ3v) is 5.77. The molecule has 0 heterocycles. The van der Waals surface area contributed by atoms with Gasteiger partial charge in [0, 0.05) is 5.92 Å². The molecule has 0 saturated heterocycles. The first kappa shape index (κ1) is 29.7. The molecule has 0 aliphatic heterocycles. The van der Waals surface area contributed by atoms with Crippen LogP contribution in [0.3, 0.4) is 0 Å². The molecule has 0 saturated carbocycles. The van der Waals surface area contributed by atoms with Gasteiger partial charge in [-0.25, -0.2) is 0 Å². The van der Waals surface area contributed by atoms with Crippen LogP contribution in [-0.4, -0.2) is 43.8 Å². The van der Waals surface area contributed by atoms with E-state index >= 15 is 0 Å². The van der Waals surface area contributed by atoms with Gasteiger partial charge in [-0.2, -0.15) is 0 Å². The fourth-order valence-corrected chi connectivity index (χ4v) is 3.71. The van der Waals surface area contributed by atoms with Gasteiger partial charge in [-0.05, 0) is 82.9 Å². The predicted molar refractivity (Wildman–Crippen MR) is 148 cm³/mol. The first-order valence-electron chi connectivity index (χ1n) is 12.3. The molecule has 0 aliphatic carbocycles. The van der Waals surface area contributed by atoms with E-state index in [9.17, 15) is 14.4 Å². The average molecular weight is 507 g/mol. The molecule has 0 unspecified atom stereocenters. The van der Waals surface area contributed by atoms with Crippen LogP contribution >= 0.6 is 0 Å². The predicted octanol–water partition coefficient (Wildman–Crippen LogP) is 6.62. The topological polar surface area (TPSA) is 78.9 Å². The number of allylic oxidation sites excluding steroid dienone is 2. The van der Waals surface area contributed by atoms with Gasteiger partial charge in [0.1, 0.15) is 18.1 Å². The van der Waals surface area contributed by atoms with Gasteiger partial charge in [0.25, 0.3) is 0 Å². The molecule has 198 valence electrons. The van der Waals surface area contributed by atoms with E-state index < -0.39 is 5.60 Å². The Labute approximate surface area is 220 Å². The molecule has 0 N–H and O–H groups in total. The van der Waals surface area contributed by atoms with E-state index in [4.69, 9.17) is 14.2 Å². The van der Waals surface area contributed by atoms with Crippen molar-refractivity contribution in [3.8, 4) is 11.5 Å². The molecule has 2 aromatic carbocycles. The summed E-state index contributed by atoms with van der Waals surface area (Å²) in [4.78, 5) is 36.5. The van der Waals surface area contributed by atoms with E-state index in [1.165, 1.54) is 28.1 Å². The molecular weight excluding hydrogens is 468 g/mol. The standard InChI is InChI=1S/C31H38O6/c1-21(32)26-16-14-23(18-29(26)35-6)10-8-12-25(28(34)20-37-31(3,4)5)13-9-11-24-15-17-27(22(2)33)30(19-24)36-7/h8-11,14-19,25H,12-13,20H2,1-7H3/b10-8+,11-9+. The van der Waals surface area contributed by atoms with Crippen LogP contribution in [0.4, 0.5) is 0 Å². The molecule has 0 radical (unpaired) electrons. The van der Waals surface area contributed by atoms with E-state index in [2.05, 4.69) is 0 Å². The fourth-order valence-electron chi connectivity index (χ4n) is 3.71. The zero-order valence-electron chi connectivity index (χ0n) is 22.9. The van der Waals surface area contributed by atoms with E-state index in [0.717, 1.165) is 11.1 Å². The van der Waals surface area contributed by atoms with Crippen molar-refractivity contribution in [2.24, 2.45) is 5.92 Å². The van der Waals surface area contributed by atoms with Gasteiger partial charge in [-0.1, -0.05) is 36.4 Å². The Morgan fingerprint density at radius 3 is 1.57 bits per heavy atom. The Balaban J connectivity index is 2.18. The molecule has 0 amide bonds. The van der Waals surface area contributed by atoms with Crippen LogP contribution in [0.25, 0.3) is 12.2 Å². The molecule has 2 rings (SSSR count). The second-order valence-corrected chi connectivity index (χ2v) is 9.87. The number of carbonyl (C=O) groups excluding carboxylic acids is 3. The van der Waals surface area contributed by atoms with E-state index in [-0.39, 0.29) is 29.9 Å². The lowest BCUT2D eigenvalue weighted by Gasteiger charge is -2.21. The molecular formula is C31H38O6. The highest BCUT2D eigenvalue weighted by Crippen LogP contribution is 2.24. The monoisotopic (exact) mass is 506 g/mol. The number of ketones is 3. The molecule has 6 heteroatoms. The molecule has 2 aromatic rings. The Bertz CT molecular complexity index is 1090. The first-order valence-corrected chi connectivity index (χ1v) is 12.3. The quantitative estimate of drug-likeness (QED) is 0.284. The summed E-state index contributed by atoms with van der Waals surface area (Å²) in [6, 6.07) is 10.8. The zero-order chi connectivity index (χ0) is 27.6. The minimum Gasteiger partial charge on any atom is -0.496 e. The lowest BCUT2D eigenvalue weighted by Crippen LogP contribution is -2.27. The van der Waals surface area contributed by atoms with E-state index in [1.54, 1.807) is 12.1 Å². The van der Waals surface area contributed by atoms with Gasteiger partial charge < -0.3 is 14.2 Å². The highest BCUT2D eigenvalue weighted by atomic mass is 16.5. The van der Waals surface area contributed by atoms with E-state index in [0.29, 0.717) is 35.5 Å². The molecule has 37 heavy (non-hydrogen) atoms. The number of Topliss-reactive ketones (excluding diaryl/α,β-unsaturated/α-hetero) is 3. The van der Waals surface area contributed by atoms with Crippen LogP contribution in [0.1, 0.15) is 79.3 Å². The number of benzene rings is 2. The van der Waals surface area contributed by atoms with Crippen molar-refractivity contribution in [1.82, 2.24) is 0 Å². The number of methoxy groups -OCH3 is 2. The van der Waals surface area contributed by atoms with Crippen molar-refractivity contribution in [3.63, 3.8) is 0 Å². The summed E-state index contributed by atoms with van der Waals surface area (Å²) in [7, 11) is 3.07. The van der Waals surface area contributed by atoms with Crippen molar-refractivity contribution in [2.75, 3.05) is 20.8 Å². The largest absolute Gasteiger partial charge is 0.496 e. The van der Waals surface area contributed by atoms with Crippen LogP contribution in [0.2, 0.25) is 0 Å². The normalized spacial score (nSPS) is 11.9. The molecule has 0 fully saturated rings. The summed E-state index contributed by atoms with van der Waals surface area (Å²) in [5.41, 5.74) is 2.42. The fraction of sp³-hybridized carbons (Fsp3) is 0.387. The second-order valence-electron chi connectivity index (χ2n) is 9.87. The SMILES string of the molecule is COc1cc(/C=C/CC(C/C=C/c2ccc(C(C)=O)c(OC)c2)C(=O)COC(C)(C)C)ccc1C(C)=O. The summed E-state index contributed by atoms with van der Waals surface area (Å²) >= 11 is 0. The maximum Gasteiger partial charge on any atom is 0.163 e. The van der Waals surface area contributed by atoms with Crippen LogP contribution < -0.4 is 9.47 Å². The Kier molecular flexibility index (Phi) is 11.0. The van der Waals surface area contributed by atoms with Gasteiger partial charge in [0.05, 0.1) is 30.9 Å². The summed E-state index contributed by atoms with van der Waals surface area (Å²) in [5, 5.41) is 0. The molecule has 0 aromatic heterocycles. The molecule has 0 bridgehead atoms. The summed E-state index contributed by atoms with van der Waals surface area (Å²) in [5.74, 6) is 0.685. The van der Waals surface area contributed by atoms with Crippen molar-refractivity contribution >= 4 is 29.5 Å². The summed E-state index contributed by atoms with van der Waals surface area (Å²) < 4.78 is 16.4. The Morgan fingerprint density at radius 1 is 0.784 bits per heavy atom. The molecule has 0 aliphatic rings. The average Bonchev–Trinajstić information content (AvgIpc) is 2.85. The smallest absolute Gasteiger partial charge is 0.163 e. The van der Waals surface area contributed by atoms with Crippen LogP contribution in [-0.2, 0) is 9.53 Å². The third kappa shape index (κ3) is 9.47. The molecule has 6 nitrogen and oxygen atoms in total. The van der Waals surface area contributed by atoms with E-state index in [1.807, 2.05) is 69.3 Å². The Morgan fingerprint density at radius 2 is 1.22 bits per heavy atom. The lowest BCUT2D eigenvalue weighted by atomic mass is 9.95. The highest BCUT2D eigenvalue weighted by Gasteiger charge is 2.20. The van der Waals surface area contributed by atoms with Gasteiger partial charge >= 0.3 is 0 Å². The number of carbonyl (C=O) groups is 3. The Hall–Kier alpha value is -3.51. The van der Waals surface area contributed by atoms with Crippen LogP contribution in [0.15, 0.2) is 48.6 Å². The zero-order valence-corrected chi connectivity index (χ0v) is 22.9. The maximum atomic E-state index is 13.0. The summed E-state index contributed by atoms with van der Waals surface area (Å²) in [6.45, 7) is 8.81. The van der Waals surface area contributed by atoms with Crippen molar-refractivity contribution < 1.29 is 28.6 Å². The lowest BCUT2D eigenvalue weighted by molar-refractivity contribution is -0.132. The number of rotatable bonds is 13. The summed E-state index contributed by atoms with van der Waals surface area (Å²) in [6.07, 6.45) is 8.82. The second kappa shape index (κ2) is 13.7.